The first-order valence-corrected chi connectivity index (χ1v) is 1.10. The Morgan fingerprint density at radius 1 is 1.67 bits per heavy atom. The lowest BCUT2D eigenvalue weighted by Crippen LogP contribution is -2.04. The maximum absolute atomic E-state index is 9.14. The van der Waals surface area contributed by atoms with Crippen LogP contribution in [0.25, 0.3) is 0 Å². The molecule has 0 aromatic rings. The predicted octanol–water partition coefficient (Wildman–Crippen LogP) is -0.0826. The zero-order chi connectivity index (χ0) is 4.12. The van der Waals surface area contributed by atoms with E-state index < -0.39 is 0 Å². The van der Waals surface area contributed by atoms with E-state index in [-0.39, 0.29) is 17.0 Å². The SMILES string of the molecule is Br.N=CNC=O. The van der Waals surface area contributed by atoms with Gasteiger partial charge in [0.2, 0.25) is 6.41 Å². The molecule has 0 rings (SSSR count). The second kappa shape index (κ2) is 8.82. The van der Waals surface area contributed by atoms with Crippen LogP contribution >= 0.6 is 17.0 Å². The molecule has 0 aromatic heterocycles. The Hall–Kier alpha value is -0.380. The zero-order valence-electron chi connectivity index (χ0n) is 2.97. The first-order valence-electron chi connectivity index (χ1n) is 1.10. The van der Waals surface area contributed by atoms with Crippen LogP contribution in [-0.2, 0) is 4.79 Å². The van der Waals surface area contributed by atoms with Gasteiger partial charge in [0.1, 0.15) is 0 Å². The van der Waals surface area contributed by atoms with Crippen molar-refractivity contribution in [2.75, 3.05) is 0 Å². The number of carbonyl (C=O) groups excluding carboxylic acids is 1. The Balaban J connectivity index is 0. The van der Waals surface area contributed by atoms with Crippen molar-refractivity contribution in [2.24, 2.45) is 0 Å². The van der Waals surface area contributed by atoms with Gasteiger partial charge < -0.3 is 5.32 Å². The molecule has 0 atom stereocenters. The molecule has 0 saturated carbocycles. The fourth-order valence-corrected chi connectivity index (χ4v) is 0.0340. The number of carbonyl (C=O) groups is 1. The summed E-state index contributed by atoms with van der Waals surface area (Å²) in [4.78, 5) is 9.14. The van der Waals surface area contributed by atoms with Gasteiger partial charge in [-0.25, -0.2) is 0 Å². The highest BCUT2D eigenvalue weighted by molar-refractivity contribution is 8.93. The molecule has 6 heavy (non-hydrogen) atoms. The topological polar surface area (TPSA) is 53.0 Å². The molecule has 0 radical (unpaired) electrons. The van der Waals surface area contributed by atoms with Crippen LogP contribution in [0, 0.1) is 5.41 Å². The maximum atomic E-state index is 9.14. The lowest BCUT2D eigenvalue weighted by atomic mass is 11.2. The van der Waals surface area contributed by atoms with Crippen LogP contribution in [-0.4, -0.2) is 12.7 Å². The van der Waals surface area contributed by atoms with E-state index in [1.165, 1.54) is 0 Å². The van der Waals surface area contributed by atoms with Crippen LogP contribution < -0.4 is 5.32 Å². The molecule has 0 fully saturated rings. The number of hydrogen-bond donors (Lipinski definition) is 2. The summed E-state index contributed by atoms with van der Waals surface area (Å²) in [5.41, 5.74) is 0. The van der Waals surface area contributed by atoms with E-state index in [2.05, 4.69) is 0 Å². The van der Waals surface area contributed by atoms with Crippen molar-refractivity contribution in [1.82, 2.24) is 5.32 Å². The Kier molecular flexibility index (Phi) is 13.5. The molecule has 0 unspecified atom stereocenters. The standard InChI is InChI=1S/C2H4N2O.BrH/c3-1-4-2-5;/h1-2H,(H2,3,4,5);1H. The molecule has 4 heteroatoms. The number of halogens is 1. The Labute approximate surface area is 46.0 Å². The summed E-state index contributed by atoms with van der Waals surface area (Å²) in [6.07, 6.45) is 1.25. The van der Waals surface area contributed by atoms with Crippen LogP contribution in [0.3, 0.4) is 0 Å². The summed E-state index contributed by atoms with van der Waals surface area (Å²) in [5.74, 6) is 0. The van der Waals surface area contributed by atoms with Crippen molar-refractivity contribution in [2.45, 2.75) is 0 Å². The van der Waals surface area contributed by atoms with Gasteiger partial charge in [0.25, 0.3) is 0 Å². The molecule has 0 saturated heterocycles. The third-order valence-corrected chi connectivity index (χ3v) is 0.151. The van der Waals surface area contributed by atoms with Crippen LogP contribution in [0.2, 0.25) is 0 Å². The molecule has 1 amide bonds. The smallest absolute Gasteiger partial charge is 0.212 e. The van der Waals surface area contributed by atoms with Crippen molar-refractivity contribution in [3.05, 3.63) is 0 Å². The summed E-state index contributed by atoms with van der Waals surface area (Å²) in [6.45, 7) is 0. The molecule has 0 spiro atoms. The fraction of sp³-hybridized carbons (Fsp3) is 0. The molecular weight excluding hydrogens is 148 g/mol. The summed E-state index contributed by atoms with van der Waals surface area (Å²) in [7, 11) is 0. The quantitative estimate of drug-likeness (QED) is 0.325. The van der Waals surface area contributed by atoms with Gasteiger partial charge in [0.05, 0.1) is 6.34 Å². The highest BCUT2D eigenvalue weighted by Crippen LogP contribution is 1.19. The number of nitrogens with one attached hydrogen (secondary N) is 2. The normalized spacial score (nSPS) is 4.67. The van der Waals surface area contributed by atoms with Crippen molar-refractivity contribution < 1.29 is 4.79 Å². The molecule has 0 aliphatic carbocycles. The second-order valence-corrected chi connectivity index (χ2v) is 0.429. The molecule has 0 bridgehead atoms. The maximum Gasteiger partial charge on any atom is 0.212 e. The van der Waals surface area contributed by atoms with E-state index in [0.29, 0.717) is 6.41 Å². The van der Waals surface area contributed by atoms with E-state index in [1.54, 1.807) is 0 Å². The monoisotopic (exact) mass is 152 g/mol. The van der Waals surface area contributed by atoms with E-state index in [0.717, 1.165) is 6.34 Å². The van der Waals surface area contributed by atoms with Crippen molar-refractivity contribution in [1.29, 1.82) is 5.41 Å². The average Bonchev–Trinajstić information content (AvgIpc) is 1.41. The van der Waals surface area contributed by atoms with Gasteiger partial charge >= 0.3 is 0 Å². The van der Waals surface area contributed by atoms with E-state index >= 15 is 0 Å². The molecule has 0 aliphatic rings. The summed E-state index contributed by atoms with van der Waals surface area (Å²) in [5, 5.41) is 8.11. The summed E-state index contributed by atoms with van der Waals surface area (Å²) < 4.78 is 0. The van der Waals surface area contributed by atoms with Crippen LogP contribution in [0.1, 0.15) is 0 Å². The van der Waals surface area contributed by atoms with Crippen LogP contribution in [0.4, 0.5) is 0 Å². The highest BCUT2D eigenvalue weighted by atomic mass is 79.9. The third kappa shape index (κ3) is 9.47. The third-order valence-electron chi connectivity index (χ3n) is 0.151. The van der Waals surface area contributed by atoms with Gasteiger partial charge in [0, 0.05) is 0 Å². The van der Waals surface area contributed by atoms with Crippen molar-refractivity contribution in [3.63, 3.8) is 0 Å². The predicted molar refractivity (Wildman–Crippen MR) is 28.3 cm³/mol. The molecule has 3 nitrogen and oxygen atoms in total. The minimum Gasteiger partial charge on any atom is -0.320 e. The molecular formula is C2H5BrN2O. The minimum atomic E-state index is 0. The molecule has 0 heterocycles. The lowest BCUT2D eigenvalue weighted by Gasteiger charge is -1.68. The van der Waals surface area contributed by atoms with Gasteiger partial charge in [-0.15, -0.1) is 17.0 Å². The zero-order valence-corrected chi connectivity index (χ0v) is 4.68. The molecule has 0 aliphatic heterocycles. The van der Waals surface area contributed by atoms with Gasteiger partial charge in [-0.3, -0.25) is 10.2 Å². The Morgan fingerprint density at radius 3 is 2.17 bits per heavy atom. The Bertz CT molecular complexity index is 40.8. The molecule has 2 N–H and O–H groups in total. The summed E-state index contributed by atoms with van der Waals surface area (Å²) in [6, 6.07) is 0. The van der Waals surface area contributed by atoms with Gasteiger partial charge in [-0.2, -0.15) is 0 Å². The Morgan fingerprint density at radius 2 is 2.17 bits per heavy atom. The van der Waals surface area contributed by atoms with Crippen LogP contribution in [0.15, 0.2) is 0 Å². The van der Waals surface area contributed by atoms with Gasteiger partial charge in [-0.1, -0.05) is 0 Å². The van der Waals surface area contributed by atoms with E-state index in [1.807, 2.05) is 5.32 Å². The summed E-state index contributed by atoms with van der Waals surface area (Å²) >= 11 is 0. The molecule has 0 aromatic carbocycles. The number of hydrogen-bond acceptors (Lipinski definition) is 2. The highest BCUT2D eigenvalue weighted by Gasteiger charge is 1.52. The van der Waals surface area contributed by atoms with Crippen molar-refractivity contribution >= 4 is 29.7 Å². The number of amides is 1. The van der Waals surface area contributed by atoms with Crippen molar-refractivity contribution in [3.8, 4) is 0 Å². The lowest BCUT2D eigenvalue weighted by molar-refractivity contribution is -0.108. The minimum absolute atomic E-state index is 0. The largest absolute Gasteiger partial charge is 0.320 e. The molecule has 36 valence electrons. The van der Waals surface area contributed by atoms with E-state index in [4.69, 9.17) is 10.2 Å². The first-order chi connectivity index (χ1) is 2.41. The second-order valence-electron chi connectivity index (χ2n) is 0.429. The first kappa shape index (κ1) is 9.15. The van der Waals surface area contributed by atoms with Gasteiger partial charge in [0.15, 0.2) is 0 Å². The average molecular weight is 153 g/mol. The fourth-order valence-electron chi connectivity index (χ4n) is 0.0340. The number of rotatable bonds is 2. The van der Waals surface area contributed by atoms with E-state index in [9.17, 15) is 0 Å². The van der Waals surface area contributed by atoms with Crippen LogP contribution in [0.5, 0.6) is 0 Å². The van der Waals surface area contributed by atoms with Gasteiger partial charge in [-0.05, 0) is 0 Å².